The van der Waals surface area contributed by atoms with E-state index in [9.17, 15) is 12.6 Å². The first-order valence-corrected chi connectivity index (χ1v) is 8.00. The summed E-state index contributed by atoms with van der Waals surface area (Å²) in [6.45, 7) is 0. The summed E-state index contributed by atoms with van der Waals surface area (Å²) >= 11 is 5.28. The Balaban J connectivity index is 2.92. The maximum Gasteiger partial charge on any atom is 0.262 e. The molecule has 1 aliphatic rings. The van der Waals surface area contributed by atoms with Gasteiger partial charge in [0.15, 0.2) is 0 Å². The quantitative estimate of drug-likeness (QED) is 0.692. The second-order valence-corrected chi connectivity index (χ2v) is 7.85. The monoisotopic (exact) mass is 245 g/mol. The Bertz CT molecular complexity index is 369. The van der Waals surface area contributed by atoms with E-state index in [1.54, 1.807) is 0 Å². The van der Waals surface area contributed by atoms with Gasteiger partial charge < -0.3 is 0 Å². The van der Waals surface area contributed by atoms with Crippen molar-refractivity contribution in [1.29, 1.82) is 0 Å². The summed E-state index contributed by atoms with van der Waals surface area (Å²) in [5.74, 6) is 0.607. The molecule has 0 spiro atoms. The fraction of sp³-hybridized carbons (Fsp3) is 1.00. The number of halogens is 1. The van der Waals surface area contributed by atoms with E-state index < -0.39 is 19.8 Å². The van der Waals surface area contributed by atoms with Crippen LogP contribution in [0.1, 0.15) is 12.8 Å². The van der Waals surface area contributed by atoms with Crippen molar-refractivity contribution in [2.24, 2.45) is 3.77 Å². The number of hydrogen-bond donors (Lipinski definition) is 0. The average molecular weight is 246 g/mol. The highest BCUT2D eigenvalue weighted by Crippen LogP contribution is 2.15. The zero-order chi connectivity index (χ0) is 9.95. The highest BCUT2D eigenvalue weighted by atomic mass is 35.5. The summed E-state index contributed by atoms with van der Waals surface area (Å²) < 4.78 is 37.5. The van der Waals surface area contributed by atoms with Gasteiger partial charge in [0.05, 0.1) is 15.5 Å². The van der Waals surface area contributed by atoms with Crippen molar-refractivity contribution >= 4 is 31.4 Å². The predicted octanol–water partition coefficient (Wildman–Crippen LogP) is 0.817. The summed E-state index contributed by atoms with van der Waals surface area (Å²) in [6, 6.07) is 0. The molecule has 1 aliphatic heterocycles. The number of nitrogens with zero attached hydrogens (tertiary/aromatic N) is 1. The minimum atomic E-state index is -3.56. The van der Waals surface area contributed by atoms with Crippen LogP contribution in [0.4, 0.5) is 0 Å². The number of alkyl halides is 1. The van der Waals surface area contributed by atoms with Gasteiger partial charge in [-0.2, -0.15) is 0 Å². The lowest BCUT2D eigenvalue weighted by molar-refractivity contribution is 0.599. The normalized spacial score (nSPS) is 21.6. The van der Waals surface area contributed by atoms with E-state index in [0.29, 0.717) is 11.5 Å². The van der Waals surface area contributed by atoms with Gasteiger partial charge in [-0.05, 0) is 12.8 Å². The van der Waals surface area contributed by atoms with Gasteiger partial charge in [-0.1, -0.05) is 0 Å². The largest absolute Gasteiger partial charge is 0.262 e. The summed E-state index contributed by atoms with van der Waals surface area (Å²) in [4.78, 5) is 0. The Hall–Kier alpha value is 0.190. The third-order valence-corrected chi connectivity index (χ3v) is 6.74. The molecule has 1 fully saturated rings. The Kier molecular flexibility index (Phi) is 3.59. The molecule has 1 rings (SSSR count). The van der Waals surface area contributed by atoms with Crippen LogP contribution in [0.25, 0.3) is 0 Å². The smallest absolute Gasteiger partial charge is 0.249 e. The van der Waals surface area contributed by atoms with Crippen molar-refractivity contribution in [3.63, 3.8) is 0 Å². The minimum Gasteiger partial charge on any atom is -0.249 e. The molecule has 0 unspecified atom stereocenters. The van der Waals surface area contributed by atoms with Crippen LogP contribution in [-0.2, 0) is 19.8 Å². The van der Waals surface area contributed by atoms with Gasteiger partial charge in [0.25, 0.3) is 10.0 Å². The molecule has 0 aromatic heterocycles. The van der Waals surface area contributed by atoms with E-state index in [0.717, 1.165) is 12.8 Å². The van der Waals surface area contributed by atoms with Crippen LogP contribution in [0.15, 0.2) is 3.77 Å². The first-order valence-electron chi connectivity index (χ1n) is 4.00. The molecule has 0 aromatic rings. The zero-order valence-electron chi connectivity index (χ0n) is 7.11. The summed E-state index contributed by atoms with van der Waals surface area (Å²) in [6.07, 6.45) is 1.61. The molecule has 0 saturated carbocycles. The van der Waals surface area contributed by atoms with Gasteiger partial charge in [-0.3, -0.25) is 0 Å². The van der Waals surface area contributed by atoms with Crippen molar-refractivity contribution in [2.75, 3.05) is 23.1 Å². The third kappa shape index (κ3) is 3.44. The average Bonchev–Trinajstić information content (AvgIpc) is 2.33. The van der Waals surface area contributed by atoms with E-state index >= 15 is 0 Å². The molecule has 13 heavy (non-hydrogen) atoms. The lowest BCUT2D eigenvalue weighted by Gasteiger charge is -1.99. The van der Waals surface area contributed by atoms with Gasteiger partial charge in [-0.25, -0.2) is 12.6 Å². The second-order valence-electron chi connectivity index (χ2n) is 2.94. The Labute approximate surface area is 83.9 Å². The van der Waals surface area contributed by atoms with Gasteiger partial charge in [0.2, 0.25) is 0 Å². The van der Waals surface area contributed by atoms with Crippen molar-refractivity contribution in [3.05, 3.63) is 0 Å². The molecule has 78 valence electrons. The summed E-state index contributed by atoms with van der Waals surface area (Å²) in [7, 11) is -6.01. The number of hydrogen-bond acceptors (Lipinski definition) is 3. The topological polar surface area (TPSA) is 63.6 Å². The highest BCUT2D eigenvalue weighted by molar-refractivity contribution is 8.03. The molecule has 0 aromatic carbocycles. The number of rotatable bonds is 3. The molecule has 0 radical (unpaired) electrons. The van der Waals surface area contributed by atoms with E-state index in [1.165, 1.54) is 0 Å². The van der Waals surface area contributed by atoms with Gasteiger partial charge in [0.1, 0.15) is 0 Å². The zero-order valence-corrected chi connectivity index (χ0v) is 9.50. The van der Waals surface area contributed by atoms with Gasteiger partial charge >= 0.3 is 0 Å². The predicted molar refractivity (Wildman–Crippen MR) is 54.0 cm³/mol. The van der Waals surface area contributed by atoms with E-state index in [2.05, 4.69) is 3.77 Å². The summed E-state index contributed by atoms with van der Waals surface area (Å²) in [5.41, 5.74) is 0. The fourth-order valence-corrected chi connectivity index (χ4v) is 6.02. The third-order valence-electron chi connectivity index (χ3n) is 1.76. The Morgan fingerprint density at radius 3 is 2.31 bits per heavy atom. The second kappa shape index (κ2) is 4.14. The first kappa shape index (κ1) is 11.3. The van der Waals surface area contributed by atoms with Crippen LogP contribution in [0.3, 0.4) is 0 Å². The van der Waals surface area contributed by atoms with E-state index in [-0.39, 0.29) is 11.6 Å². The molecule has 7 heteroatoms. The molecule has 0 amide bonds. The standard InChI is InChI=1S/C6H12ClNO3S2/c7-3-6-13(10,11)8-12(9)4-1-2-5-12/h1-6H2. The molecule has 0 N–H and O–H groups in total. The van der Waals surface area contributed by atoms with Crippen LogP contribution in [0.2, 0.25) is 0 Å². The molecular weight excluding hydrogens is 234 g/mol. The van der Waals surface area contributed by atoms with Crippen molar-refractivity contribution in [1.82, 2.24) is 0 Å². The molecule has 1 saturated heterocycles. The molecular formula is C6H12ClNO3S2. The number of sulfonamides is 1. The lowest BCUT2D eigenvalue weighted by Crippen LogP contribution is -2.10. The van der Waals surface area contributed by atoms with Crippen molar-refractivity contribution in [2.45, 2.75) is 12.8 Å². The molecule has 1 heterocycles. The highest BCUT2D eigenvalue weighted by Gasteiger charge is 2.20. The molecule has 0 atom stereocenters. The van der Waals surface area contributed by atoms with Gasteiger partial charge in [-0.15, -0.1) is 15.4 Å². The maximum atomic E-state index is 11.7. The summed E-state index contributed by atoms with van der Waals surface area (Å²) in [5, 5.41) is 0. The van der Waals surface area contributed by atoms with Crippen LogP contribution in [0, 0.1) is 0 Å². The van der Waals surface area contributed by atoms with Crippen LogP contribution >= 0.6 is 11.6 Å². The maximum absolute atomic E-state index is 11.7. The van der Waals surface area contributed by atoms with Crippen molar-refractivity contribution in [3.8, 4) is 0 Å². The van der Waals surface area contributed by atoms with Crippen molar-refractivity contribution < 1.29 is 12.6 Å². The van der Waals surface area contributed by atoms with Gasteiger partial charge in [0, 0.05) is 17.4 Å². The van der Waals surface area contributed by atoms with Crippen LogP contribution in [0.5, 0.6) is 0 Å². The van der Waals surface area contributed by atoms with Crippen LogP contribution in [-0.4, -0.2) is 35.8 Å². The Morgan fingerprint density at radius 2 is 1.85 bits per heavy atom. The molecule has 0 bridgehead atoms. The van der Waals surface area contributed by atoms with E-state index in [1.807, 2.05) is 0 Å². The lowest BCUT2D eigenvalue weighted by atomic mass is 10.4. The Morgan fingerprint density at radius 1 is 1.31 bits per heavy atom. The van der Waals surface area contributed by atoms with E-state index in [4.69, 9.17) is 11.6 Å². The molecule has 0 aliphatic carbocycles. The fourth-order valence-electron chi connectivity index (χ4n) is 1.17. The van der Waals surface area contributed by atoms with Crippen LogP contribution < -0.4 is 0 Å². The minimum absolute atomic E-state index is 0.00134. The SMILES string of the molecule is O=S(=O)(CCCl)N=S1(=O)CCCC1. The first-order chi connectivity index (χ1) is 5.97. The molecule has 4 nitrogen and oxygen atoms in total.